The number of fused-ring (bicyclic) bond motifs is 5. The lowest BCUT2D eigenvalue weighted by Crippen LogP contribution is -2.50. The molecule has 166 valence electrons. The molecule has 0 amide bonds. The van der Waals surface area contributed by atoms with E-state index in [0.717, 1.165) is 36.5 Å². The maximum atomic E-state index is 10.2. The fourth-order valence-electron chi connectivity index (χ4n) is 8.38. The van der Waals surface area contributed by atoms with Gasteiger partial charge in [0, 0.05) is 0 Å². The zero-order valence-electron chi connectivity index (χ0n) is 19.7. The van der Waals surface area contributed by atoms with E-state index in [1.54, 1.807) is 11.1 Å². The molecule has 0 saturated heterocycles. The lowest BCUT2D eigenvalue weighted by molar-refractivity contribution is -0.0454. The smallest absolute Gasteiger partial charge is 0.0577 e. The van der Waals surface area contributed by atoms with Crippen LogP contribution in [0.2, 0.25) is 0 Å². The predicted octanol–water partition coefficient (Wildman–Crippen LogP) is 7.59. The van der Waals surface area contributed by atoms with Gasteiger partial charge in [-0.2, -0.15) is 0 Å². The first-order chi connectivity index (χ1) is 14.9. The molecule has 0 heterocycles. The van der Waals surface area contributed by atoms with Crippen molar-refractivity contribution in [1.82, 2.24) is 0 Å². The van der Waals surface area contributed by atoms with Crippen LogP contribution in [0.1, 0.15) is 77.7 Å². The van der Waals surface area contributed by atoms with Gasteiger partial charge in [0.25, 0.3) is 0 Å². The number of rotatable bonds is 3. The molecule has 3 fully saturated rings. The first-order valence-electron chi connectivity index (χ1n) is 12.7. The Morgan fingerprint density at radius 1 is 1.00 bits per heavy atom. The summed E-state index contributed by atoms with van der Waals surface area (Å²) < 4.78 is 0. The van der Waals surface area contributed by atoms with E-state index in [9.17, 15) is 5.11 Å². The molecule has 0 aliphatic heterocycles. The average Bonchev–Trinajstić information content (AvgIpc) is 3.12. The minimum Gasteiger partial charge on any atom is -0.393 e. The number of hydrogen-bond acceptors (Lipinski definition) is 1. The minimum atomic E-state index is -0.0997. The van der Waals surface area contributed by atoms with E-state index in [4.69, 9.17) is 0 Å². The second-order valence-electron chi connectivity index (χ2n) is 11.5. The van der Waals surface area contributed by atoms with Crippen LogP contribution >= 0.6 is 0 Å². The van der Waals surface area contributed by atoms with Crippen LogP contribution in [0, 0.1) is 34.5 Å². The lowest BCUT2D eigenvalue weighted by Gasteiger charge is -2.58. The Kier molecular flexibility index (Phi) is 5.53. The molecule has 0 spiro atoms. The Morgan fingerprint density at radius 3 is 2.61 bits per heavy atom. The van der Waals surface area contributed by atoms with Crippen molar-refractivity contribution in [1.29, 1.82) is 0 Å². The van der Waals surface area contributed by atoms with E-state index >= 15 is 0 Å². The fourth-order valence-corrected chi connectivity index (χ4v) is 8.38. The Bertz CT molecular complexity index is 892. The number of aliphatic hydroxyl groups is 1. The van der Waals surface area contributed by atoms with Gasteiger partial charge in [0.2, 0.25) is 0 Å². The minimum absolute atomic E-state index is 0.0997. The Morgan fingerprint density at radius 2 is 1.81 bits per heavy atom. The molecule has 31 heavy (non-hydrogen) atoms. The molecular formula is C30H40O. The number of aliphatic hydroxyl groups excluding tert-OH is 1. The van der Waals surface area contributed by atoms with Crippen LogP contribution in [-0.4, -0.2) is 11.2 Å². The van der Waals surface area contributed by atoms with E-state index in [0.29, 0.717) is 10.8 Å². The largest absolute Gasteiger partial charge is 0.393 e. The van der Waals surface area contributed by atoms with Crippen molar-refractivity contribution < 1.29 is 5.11 Å². The van der Waals surface area contributed by atoms with Gasteiger partial charge in [0.05, 0.1) is 6.10 Å². The fraction of sp³-hybridized carbons (Fsp3) is 0.600. The molecular weight excluding hydrogens is 376 g/mol. The molecule has 0 unspecified atom stereocenters. The van der Waals surface area contributed by atoms with E-state index < -0.39 is 0 Å². The highest BCUT2D eigenvalue weighted by molar-refractivity contribution is 5.51. The first kappa shape index (κ1) is 21.3. The van der Waals surface area contributed by atoms with Crippen molar-refractivity contribution in [3.63, 3.8) is 0 Å². The van der Waals surface area contributed by atoms with Gasteiger partial charge in [-0.25, -0.2) is 0 Å². The zero-order chi connectivity index (χ0) is 21.6. The van der Waals surface area contributed by atoms with Crippen molar-refractivity contribution >= 4 is 6.08 Å². The maximum Gasteiger partial charge on any atom is 0.0577 e. The molecule has 1 heteroatoms. The SMILES string of the molecule is C/C(=C\C=C\c1ccccc1)[C@H]1CC[C@H]2[C@@H]3CC=C4C[C@@H](O)CC[C@]4(C)[C@H]3CC[C@]12C. The van der Waals surface area contributed by atoms with Crippen LogP contribution < -0.4 is 0 Å². The van der Waals surface area contributed by atoms with Gasteiger partial charge < -0.3 is 5.11 Å². The maximum absolute atomic E-state index is 10.2. The molecule has 7 atom stereocenters. The summed E-state index contributed by atoms with van der Waals surface area (Å²) in [5, 5.41) is 10.2. The summed E-state index contributed by atoms with van der Waals surface area (Å²) in [5.41, 5.74) is 5.25. The van der Waals surface area contributed by atoms with E-state index in [1.807, 2.05) is 0 Å². The molecule has 3 saturated carbocycles. The van der Waals surface area contributed by atoms with Crippen molar-refractivity contribution in [3.8, 4) is 0 Å². The van der Waals surface area contributed by atoms with Gasteiger partial charge in [-0.15, -0.1) is 0 Å². The number of benzene rings is 1. The second kappa shape index (κ2) is 8.07. The van der Waals surface area contributed by atoms with Crippen molar-refractivity contribution in [2.75, 3.05) is 0 Å². The van der Waals surface area contributed by atoms with Gasteiger partial charge in [-0.05, 0) is 98.4 Å². The van der Waals surface area contributed by atoms with Crippen molar-refractivity contribution in [2.24, 2.45) is 34.5 Å². The van der Waals surface area contributed by atoms with Crippen LogP contribution in [-0.2, 0) is 0 Å². The summed E-state index contributed by atoms with van der Waals surface area (Å²) >= 11 is 0. The van der Waals surface area contributed by atoms with Crippen LogP contribution in [0.5, 0.6) is 0 Å². The third-order valence-corrected chi connectivity index (χ3v) is 10.1. The van der Waals surface area contributed by atoms with Crippen molar-refractivity contribution in [3.05, 3.63) is 65.3 Å². The molecule has 1 aromatic rings. The van der Waals surface area contributed by atoms with Crippen molar-refractivity contribution in [2.45, 2.75) is 78.2 Å². The summed E-state index contributed by atoms with van der Waals surface area (Å²) in [4.78, 5) is 0. The third kappa shape index (κ3) is 3.58. The summed E-state index contributed by atoms with van der Waals surface area (Å²) in [6, 6.07) is 10.6. The first-order valence-corrected chi connectivity index (χ1v) is 12.7. The molecule has 1 aromatic carbocycles. The highest BCUT2D eigenvalue weighted by atomic mass is 16.3. The van der Waals surface area contributed by atoms with Crippen LogP contribution in [0.4, 0.5) is 0 Å². The van der Waals surface area contributed by atoms with Gasteiger partial charge in [0.15, 0.2) is 0 Å². The molecule has 4 aliphatic carbocycles. The van der Waals surface area contributed by atoms with Crippen LogP contribution in [0.3, 0.4) is 0 Å². The van der Waals surface area contributed by atoms with Gasteiger partial charge >= 0.3 is 0 Å². The van der Waals surface area contributed by atoms with Gasteiger partial charge in [-0.1, -0.05) is 79.6 Å². The second-order valence-corrected chi connectivity index (χ2v) is 11.5. The molecule has 1 nitrogen and oxygen atoms in total. The van der Waals surface area contributed by atoms with Crippen LogP contribution in [0.25, 0.3) is 6.08 Å². The molecule has 1 N–H and O–H groups in total. The molecule has 0 aromatic heterocycles. The summed E-state index contributed by atoms with van der Waals surface area (Å²) in [5.74, 6) is 3.27. The zero-order valence-corrected chi connectivity index (χ0v) is 19.7. The highest BCUT2D eigenvalue weighted by Gasteiger charge is 2.58. The highest BCUT2D eigenvalue weighted by Crippen LogP contribution is 2.67. The predicted molar refractivity (Wildman–Crippen MR) is 130 cm³/mol. The monoisotopic (exact) mass is 416 g/mol. The Hall–Kier alpha value is -1.60. The quantitative estimate of drug-likeness (QED) is 0.397. The Labute approximate surface area is 189 Å². The summed E-state index contributed by atoms with van der Waals surface area (Å²) in [6.07, 6.45) is 19.2. The topological polar surface area (TPSA) is 20.2 Å². The molecule has 0 radical (unpaired) electrons. The van der Waals surface area contributed by atoms with E-state index in [1.165, 1.54) is 44.1 Å². The lowest BCUT2D eigenvalue weighted by atomic mass is 9.47. The van der Waals surface area contributed by atoms with Gasteiger partial charge in [-0.3, -0.25) is 0 Å². The summed E-state index contributed by atoms with van der Waals surface area (Å²) in [6.45, 7) is 7.54. The van der Waals surface area contributed by atoms with Gasteiger partial charge in [0.1, 0.15) is 0 Å². The normalized spacial score (nSPS) is 42.6. The average molecular weight is 417 g/mol. The third-order valence-electron chi connectivity index (χ3n) is 10.1. The van der Waals surface area contributed by atoms with Crippen LogP contribution in [0.15, 0.2) is 59.7 Å². The molecule has 4 aliphatic rings. The summed E-state index contributed by atoms with van der Waals surface area (Å²) in [7, 11) is 0. The number of hydrogen-bond donors (Lipinski definition) is 1. The standard InChI is InChI=1S/C30H40O/c1-21(8-7-11-22-9-5-4-6-10-22)26-14-15-27-25-13-12-23-20-24(31)16-18-29(23,2)28(25)17-19-30(26,27)3/h4-12,24-28,31H,13-20H2,1-3H3/b11-7+,21-8+/t24-,25-,26+,27-,28-,29-,30+/m0/s1. The Balaban J connectivity index is 1.35. The van der Waals surface area contributed by atoms with E-state index in [2.05, 4.69) is 75.4 Å². The molecule has 5 rings (SSSR count). The van der Waals surface area contributed by atoms with E-state index in [-0.39, 0.29) is 6.10 Å². The number of allylic oxidation sites excluding steroid dienone is 4. The molecule has 0 bridgehead atoms.